The van der Waals surface area contributed by atoms with Crippen molar-refractivity contribution in [2.24, 2.45) is 11.8 Å². The van der Waals surface area contributed by atoms with E-state index in [0.29, 0.717) is 6.42 Å². The molecule has 2 rings (SSSR count). The van der Waals surface area contributed by atoms with Crippen LogP contribution in [0.2, 0.25) is 0 Å². The number of Topliss-reactive ketones (excluding diaryl/α,β-unsaturated/α-hetero) is 1. The molecular weight excluding hydrogens is 326 g/mol. The van der Waals surface area contributed by atoms with Gasteiger partial charge in [0.1, 0.15) is 17.2 Å². The maximum atomic E-state index is 12.8. The summed E-state index contributed by atoms with van der Waals surface area (Å²) in [6.45, 7) is 10.5. The van der Waals surface area contributed by atoms with Gasteiger partial charge < -0.3 is 10.1 Å². The number of hydrogen-bond donors (Lipinski definition) is 2. The predicted molar refractivity (Wildman–Crippen MR) is 90.3 cm³/mol. The summed E-state index contributed by atoms with van der Waals surface area (Å²) in [5.74, 6) is 4.61. The Hall–Kier alpha value is -1.93. The van der Waals surface area contributed by atoms with Crippen LogP contribution >= 0.6 is 0 Å². The molecule has 0 bridgehead atoms. The van der Waals surface area contributed by atoms with Crippen LogP contribution < -0.4 is 11.2 Å². The first kappa shape index (κ1) is 19.4. The van der Waals surface area contributed by atoms with E-state index in [-0.39, 0.29) is 24.7 Å². The minimum Gasteiger partial charge on any atom is -0.444 e. The first-order valence-electron chi connectivity index (χ1n) is 8.35. The molecule has 2 fully saturated rings. The van der Waals surface area contributed by atoms with Crippen molar-refractivity contribution in [2.45, 2.75) is 63.8 Å². The van der Waals surface area contributed by atoms with Crippen molar-refractivity contribution in [1.29, 1.82) is 0 Å². The third-order valence-corrected chi connectivity index (χ3v) is 4.66. The van der Waals surface area contributed by atoms with Gasteiger partial charge in [-0.05, 0) is 34.1 Å². The predicted octanol–water partition coefficient (Wildman–Crippen LogP) is 0.905. The highest BCUT2D eigenvalue weighted by molar-refractivity contribution is 5.97. The van der Waals surface area contributed by atoms with Crippen LogP contribution in [0.25, 0.3) is 0 Å². The number of carbonyl (C=O) groups excluding carboxylic acids is 3. The van der Waals surface area contributed by atoms with E-state index in [4.69, 9.17) is 15.5 Å². The van der Waals surface area contributed by atoms with Crippen molar-refractivity contribution in [1.82, 2.24) is 10.2 Å². The standard InChI is InChI=1S/C17H27N3O5/c1-6-11-8-17(11,10(2)21)19-14(22)13-7-12(25-18)9-20(13)15(23)24-16(3,4)5/h6,11-13H,1,7-9,18H2,2-5H3,(H,19,22)/t11?,12-,13+,17+/m1/s1. The number of nitrogens with two attached hydrogens (primary N) is 1. The highest BCUT2D eigenvalue weighted by atomic mass is 16.6. The van der Waals surface area contributed by atoms with Crippen molar-refractivity contribution in [2.75, 3.05) is 6.54 Å². The number of likely N-dealkylation sites (tertiary alicyclic amines) is 1. The van der Waals surface area contributed by atoms with E-state index in [0.717, 1.165) is 0 Å². The molecule has 25 heavy (non-hydrogen) atoms. The third kappa shape index (κ3) is 4.01. The monoisotopic (exact) mass is 353 g/mol. The fourth-order valence-corrected chi connectivity index (χ4v) is 3.18. The Morgan fingerprint density at radius 2 is 2.00 bits per heavy atom. The van der Waals surface area contributed by atoms with Crippen LogP contribution in [-0.2, 0) is 19.2 Å². The summed E-state index contributed by atoms with van der Waals surface area (Å²) in [4.78, 5) is 43.3. The largest absolute Gasteiger partial charge is 0.444 e. The Morgan fingerprint density at radius 1 is 1.36 bits per heavy atom. The zero-order chi connectivity index (χ0) is 19.0. The van der Waals surface area contributed by atoms with Crippen LogP contribution in [0.4, 0.5) is 4.79 Å². The second-order valence-electron chi connectivity index (χ2n) is 7.71. The van der Waals surface area contributed by atoms with E-state index < -0.39 is 35.3 Å². The number of hydrogen-bond acceptors (Lipinski definition) is 6. The van der Waals surface area contributed by atoms with Gasteiger partial charge in [-0.15, -0.1) is 6.58 Å². The van der Waals surface area contributed by atoms with Gasteiger partial charge in [0.2, 0.25) is 5.91 Å². The molecule has 8 heteroatoms. The summed E-state index contributed by atoms with van der Waals surface area (Å²) in [5, 5.41) is 2.80. The molecule has 1 saturated carbocycles. The molecule has 1 heterocycles. The number of ketones is 1. The summed E-state index contributed by atoms with van der Waals surface area (Å²) < 4.78 is 5.36. The lowest BCUT2D eigenvalue weighted by molar-refractivity contribution is -0.130. The van der Waals surface area contributed by atoms with Crippen molar-refractivity contribution >= 4 is 17.8 Å². The van der Waals surface area contributed by atoms with Crippen molar-refractivity contribution in [3.63, 3.8) is 0 Å². The zero-order valence-corrected chi connectivity index (χ0v) is 15.2. The van der Waals surface area contributed by atoms with Gasteiger partial charge in [0.15, 0.2) is 5.78 Å². The normalized spacial score (nSPS) is 31.4. The fourth-order valence-electron chi connectivity index (χ4n) is 3.18. The summed E-state index contributed by atoms with van der Waals surface area (Å²) in [7, 11) is 0. The van der Waals surface area contributed by atoms with E-state index in [9.17, 15) is 14.4 Å². The van der Waals surface area contributed by atoms with Gasteiger partial charge in [-0.2, -0.15) is 0 Å². The molecule has 0 radical (unpaired) electrons. The van der Waals surface area contributed by atoms with Crippen LogP contribution in [-0.4, -0.2) is 52.5 Å². The van der Waals surface area contributed by atoms with E-state index in [1.807, 2.05) is 0 Å². The Morgan fingerprint density at radius 3 is 2.44 bits per heavy atom. The van der Waals surface area contributed by atoms with Crippen LogP contribution in [0, 0.1) is 5.92 Å². The average molecular weight is 353 g/mol. The lowest BCUT2D eigenvalue weighted by Crippen LogP contribution is -2.53. The van der Waals surface area contributed by atoms with Gasteiger partial charge in [0.05, 0.1) is 12.6 Å². The van der Waals surface area contributed by atoms with Crippen molar-refractivity contribution < 1.29 is 24.0 Å². The molecule has 1 saturated heterocycles. The molecule has 2 amide bonds. The summed E-state index contributed by atoms with van der Waals surface area (Å²) in [6, 6.07) is -0.800. The van der Waals surface area contributed by atoms with Gasteiger partial charge in [0, 0.05) is 12.3 Å². The Kier molecular flexibility index (Phi) is 5.24. The van der Waals surface area contributed by atoms with E-state index >= 15 is 0 Å². The summed E-state index contributed by atoms with van der Waals surface area (Å²) in [5.41, 5.74) is -1.61. The van der Waals surface area contributed by atoms with Gasteiger partial charge in [0.25, 0.3) is 0 Å². The molecule has 0 aromatic carbocycles. The number of nitrogens with one attached hydrogen (secondary N) is 1. The minimum atomic E-state index is -0.917. The molecule has 1 aliphatic carbocycles. The maximum Gasteiger partial charge on any atom is 0.411 e. The van der Waals surface area contributed by atoms with Crippen LogP contribution in [0.5, 0.6) is 0 Å². The van der Waals surface area contributed by atoms with Crippen LogP contribution in [0.15, 0.2) is 12.7 Å². The number of ether oxygens (including phenoxy) is 1. The van der Waals surface area contributed by atoms with Crippen LogP contribution in [0.3, 0.4) is 0 Å². The minimum absolute atomic E-state index is 0.0908. The molecular formula is C17H27N3O5. The second-order valence-corrected chi connectivity index (χ2v) is 7.71. The lowest BCUT2D eigenvalue weighted by Gasteiger charge is -2.28. The molecule has 4 atom stereocenters. The molecule has 2 aliphatic rings. The van der Waals surface area contributed by atoms with Gasteiger partial charge >= 0.3 is 6.09 Å². The molecule has 140 valence electrons. The summed E-state index contributed by atoms with van der Waals surface area (Å²) >= 11 is 0. The van der Waals surface area contributed by atoms with E-state index in [1.54, 1.807) is 26.8 Å². The first-order valence-corrected chi connectivity index (χ1v) is 8.35. The number of amides is 2. The molecule has 8 nitrogen and oxygen atoms in total. The van der Waals surface area contributed by atoms with Crippen molar-refractivity contribution in [3.8, 4) is 0 Å². The number of nitrogens with zero attached hydrogens (tertiary/aromatic N) is 1. The third-order valence-electron chi connectivity index (χ3n) is 4.66. The zero-order valence-electron chi connectivity index (χ0n) is 15.2. The Balaban J connectivity index is 2.14. The number of rotatable bonds is 5. The van der Waals surface area contributed by atoms with Gasteiger partial charge in [-0.3, -0.25) is 19.3 Å². The molecule has 0 aromatic heterocycles. The Bertz CT molecular complexity index is 585. The van der Waals surface area contributed by atoms with E-state index in [1.165, 1.54) is 11.8 Å². The molecule has 1 aliphatic heterocycles. The first-order chi connectivity index (χ1) is 11.5. The molecule has 1 unspecified atom stereocenters. The smallest absolute Gasteiger partial charge is 0.411 e. The second kappa shape index (κ2) is 6.76. The van der Waals surface area contributed by atoms with Gasteiger partial charge in [-0.25, -0.2) is 10.7 Å². The molecule has 0 aromatic rings. The highest BCUT2D eigenvalue weighted by Gasteiger charge is 2.58. The van der Waals surface area contributed by atoms with Gasteiger partial charge in [-0.1, -0.05) is 6.08 Å². The number of carbonyl (C=O) groups is 3. The lowest BCUT2D eigenvalue weighted by atomic mass is 10.1. The average Bonchev–Trinajstić information content (AvgIpc) is 3.04. The fraction of sp³-hybridized carbons (Fsp3) is 0.706. The SMILES string of the molecule is C=CC1C[C@]1(NC(=O)[C@@H]1C[C@@H](ON)CN1C(=O)OC(C)(C)C)C(C)=O. The van der Waals surface area contributed by atoms with Crippen LogP contribution in [0.1, 0.15) is 40.5 Å². The highest BCUT2D eigenvalue weighted by Crippen LogP contribution is 2.45. The molecule has 3 N–H and O–H groups in total. The summed E-state index contributed by atoms with van der Waals surface area (Å²) in [6.07, 6.45) is 1.35. The Labute approximate surface area is 147 Å². The topological polar surface area (TPSA) is 111 Å². The maximum absolute atomic E-state index is 12.8. The van der Waals surface area contributed by atoms with E-state index in [2.05, 4.69) is 11.9 Å². The van der Waals surface area contributed by atoms with Crippen molar-refractivity contribution in [3.05, 3.63) is 12.7 Å². The molecule has 0 spiro atoms. The quantitative estimate of drug-likeness (QED) is 0.561.